The molecule has 0 fully saturated rings. The third-order valence-corrected chi connectivity index (χ3v) is 6.39. The van der Waals surface area contributed by atoms with Gasteiger partial charge in [0.05, 0.1) is 23.2 Å². The predicted molar refractivity (Wildman–Crippen MR) is 120 cm³/mol. The summed E-state index contributed by atoms with van der Waals surface area (Å²) in [6.45, 7) is 1.71. The Bertz CT molecular complexity index is 1460. The molecule has 6 nitrogen and oxygen atoms in total. The van der Waals surface area contributed by atoms with Crippen molar-refractivity contribution in [3.63, 3.8) is 0 Å². The number of nitrogens with zero attached hydrogens (tertiary/aromatic N) is 3. The molecule has 6 heteroatoms. The molecule has 152 valence electrons. The van der Waals surface area contributed by atoms with Gasteiger partial charge in [0, 0.05) is 54.4 Å². The number of aryl methyl sites for hydroxylation is 1. The molecule has 0 aliphatic carbocycles. The number of nitrogens with one attached hydrogen (secondary N) is 1. The number of pyridine rings is 1. The normalized spacial score (nSPS) is 17.8. The maximum Gasteiger partial charge on any atom is 0.259 e. The summed E-state index contributed by atoms with van der Waals surface area (Å²) in [5, 5.41) is 5.62. The highest BCUT2D eigenvalue weighted by molar-refractivity contribution is 6.11. The van der Waals surface area contributed by atoms with Gasteiger partial charge in [-0.3, -0.25) is 19.5 Å². The van der Waals surface area contributed by atoms with Crippen molar-refractivity contribution in [1.82, 2.24) is 14.5 Å². The molecule has 2 aliphatic rings. The molecule has 0 saturated carbocycles. The summed E-state index contributed by atoms with van der Waals surface area (Å²) >= 11 is 0. The molecule has 4 heterocycles. The van der Waals surface area contributed by atoms with Gasteiger partial charge in [0.25, 0.3) is 5.91 Å². The van der Waals surface area contributed by atoms with Crippen molar-refractivity contribution in [1.29, 1.82) is 0 Å². The summed E-state index contributed by atoms with van der Waals surface area (Å²) in [6.07, 6.45) is 3.88. The molecule has 2 amide bonds. The van der Waals surface area contributed by atoms with Crippen LogP contribution < -0.4 is 5.32 Å². The van der Waals surface area contributed by atoms with Gasteiger partial charge >= 0.3 is 0 Å². The lowest BCUT2D eigenvalue weighted by molar-refractivity contribution is -0.139. The smallest absolute Gasteiger partial charge is 0.259 e. The maximum atomic E-state index is 13.4. The average molecular weight is 408 g/mol. The Morgan fingerprint density at radius 3 is 2.87 bits per heavy atom. The van der Waals surface area contributed by atoms with E-state index in [0.29, 0.717) is 5.57 Å². The number of rotatable bonds is 1. The van der Waals surface area contributed by atoms with Crippen molar-refractivity contribution in [2.24, 2.45) is 7.05 Å². The van der Waals surface area contributed by atoms with Crippen molar-refractivity contribution < 1.29 is 9.59 Å². The van der Waals surface area contributed by atoms with Crippen LogP contribution in [0.2, 0.25) is 0 Å². The third kappa shape index (κ3) is 2.48. The summed E-state index contributed by atoms with van der Waals surface area (Å²) in [5.41, 5.74) is 6.48. The van der Waals surface area contributed by atoms with Crippen LogP contribution in [0.5, 0.6) is 0 Å². The lowest BCUT2D eigenvalue weighted by Gasteiger charge is -2.20. The summed E-state index contributed by atoms with van der Waals surface area (Å²) < 4.78 is 2.10. The fourth-order valence-electron chi connectivity index (χ4n) is 4.99. The van der Waals surface area contributed by atoms with E-state index in [-0.39, 0.29) is 24.3 Å². The first-order chi connectivity index (χ1) is 15.0. The lowest BCUT2D eigenvalue weighted by atomic mass is 9.84. The minimum atomic E-state index is -0.281. The number of carbonyl (C=O) groups excluding carboxylic acids is 2. The zero-order valence-corrected chi connectivity index (χ0v) is 17.2. The van der Waals surface area contributed by atoms with E-state index in [1.807, 2.05) is 43.4 Å². The fourth-order valence-corrected chi connectivity index (χ4v) is 4.99. The maximum absolute atomic E-state index is 13.4. The number of carbonyl (C=O) groups is 2. The zero-order valence-electron chi connectivity index (χ0n) is 17.2. The van der Waals surface area contributed by atoms with Crippen molar-refractivity contribution in [2.75, 3.05) is 11.9 Å². The van der Waals surface area contributed by atoms with Crippen molar-refractivity contribution in [2.45, 2.75) is 12.8 Å². The molecule has 31 heavy (non-hydrogen) atoms. The molecule has 1 N–H and O–H groups in total. The second kappa shape index (κ2) is 6.28. The summed E-state index contributed by atoms with van der Waals surface area (Å²) in [5.74, 6) is -0.750. The molecule has 0 spiro atoms. The van der Waals surface area contributed by atoms with Gasteiger partial charge in [0.1, 0.15) is 0 Å². The van der Waals surface area contributed by atoms with Crippen molar-refractivity contribution in [3.05, 3.63) is 83.3 Å². The number of fused-ring (bicyclic) bond motifs is 1. The molecule has 2 aromatic heterocycles. The van der Waals surface area contributed by atoms with E-state index in [1.165, 1.54) is 11.8 Å². The Kier molecular flexibility index (Phi) is 3.63. The number of hydrogen-bond acceptors (Lipinski definition) is 4. The lowest BCUT2D eigenvalue weighted by Crippen LogP contribution is -2.33. The van der Waals surface area contributed by atoms with Gasteiger partial charge in [-0.2, -0.15) is 0 Å². The van der Waals surface area contributed by atoms with Gasteiger partial charge in [0.2, 0.25) is 5.91 Å². The van der Waals surface area contributed by atoms with Gasteiger partial charge in [0.15, 0.2) is 0 Å². The monoisotopic (exact) mass is 408 g/mol. The van der Waals surface area contributed by atoms with Gasteiger partial charge in [-0.25, -0.2) is 0 Å². The number of imide groups is 1. The Balaban J connectivity index is 1.66. The van der Waals surface area contributed by atoms with Crippen molar-refractivity contribution >= 4 is 39.3 Å². The first kappa shape index (κ1) is 17.9. The fraction of sp³-hybridized carbons (Fsp3) is 0.160. The van der Waals surface area contributed by atoms with Crippen LogP contribution in [-0.4, -0.2) is 32.8 Å². The number of benzene rings is 2. The number of amides is 2. The number of hydrogen-bond donors (Lipinski definition) is 1. The van der Waals surface area contributed by atoms with E-state index < -0.39 is 0 Å². The topological polar surface area (TPSA) is 67.2 Å². The van der Waals surface area contributed by atoms with E-state index in [4.69, 9.17) is 0 Å². The second-order valence-corrected chi connectivity index (χ2v) is 8.21. The van der Waals surface area contributed by atoms with Crippen LogP contribution in [0.4, 0.5) is 5.69 Å². The molecule has 0 unspecified atom stereocenters. The van der Waals surface area contributed by atoms with Gasteiger partial charge in [-0.15, -0.1) is 0 Å². The van der Waals surface area contributed by atoms with E-state index in [0.717, 1.165) is 44.3 Å². The minimum Gasteiger partial charge on any atom is -0.356 e. The minimum absolute atomic E-state index is 0.226. The first-order valence-corrected chi connectivity index (χ1v) is 10.3. The van der Waals surface area contributed by atoms with Crippen LogP contribution >= 0.6 is 0 Å². The predicted octanol–water partition coefficient (Wildman–Crippen LogP) is 3.93. The summed E-state index contributed by atoms with van der Waals surface area (Å²) in [4.78, 5) is 31.4. The second-order valence-electron chi connectivity index (χ2n) is 8.21. The van der Waals surface area contributed by atoms with Crippen LogP contribution in [0.25, 0.3) is 21.8 Å². The molecule has 4 aromatic rings. The molecule has 1 atom stereocenters. The zero-order chi connectivity index (χ0) is 21.3. The van der Waals surface area contributed by atoms with E-state index >= 15 is 0 Å². The molecule has 0 bridgehead atoms. The molecule has 2 aromatic carbocycles. The summed E-state index contributed by atoms with van der Waals surface area (Å²) in [7, 11) is 2.02. The number of aromatic nitrogens is 2. The molecule has 6 rings (SSSR count). The van der Waals surface area contributed by atoms with Crippen LogP contribution in [0.1, 0.15) is 24.0 Å². The highest BCUT2D eigenvalue weighted by Crippen LogP contribution is 2.46. The first-order valence-electron chi connectivity index (χ1n) is 10.3. The number of anilines is 1. The Labute approximate surface area is 178 Å². The van der Waals surface area contributed by atoms with E-state index in [1.54, 1.807) is 6.20 Å². The molecular weight excluding hydrogens is 388 g/mol. The van der Waals surface area contributed by atoms with Crippen LogP contribution in [0.15, 0.2) is 72.2 Å². The quantitative estimate of drug-likeness (QED) is 0.518. The van der Waals surface area contributed by atoms with E-state index in [2.05, 4.69) is 33.2 Å². The highest BCUT2D eigenvalue weighted by Gasteiger charge is 2.41. The van der Waals surface area contributed by atoms with Crippen LogP contribution in [-0.2, 0) is 16.6 Å². The SMILES string of the molecule is CC(=O)N1CC2=C(C1=O)[C@H](c1ccc3ncccc3c1)c1cn(C)c3cccc(c13)N2. The standard InChI is InChI=1S/C25H20N4O2/c1-14(30)29-13-20-24(25(29)31)22(16-8-9-18-15(11-16)5-4-10-26-18)17-12-28(2)21-7-3-6-19(27-20)23(17)21/h3-12,22,27H,13H2,1-2H3/t22-/m1/s1. The van der Waals surface area contributed by atoms with E-state index in [9.17, 15) is 9.59 Å². The van der Waals surface area contributed by atoms with Crippen molar-refractivity contribution in [3.8, 4) is 0 Å². The third-order valence-electron chi connectivity index (χ3n) is 6.39. The van der Waals surface area contributed by atoms with Gasteiger partial charge in [-0.05, 0) is 41.5 Å². The Morgan fingerprint density at radius 1 is 1.16 bits per heavy atom. The molecule has 2 aliphatic heterocycles. The molecule has 0 radical (unpaired) electrons. The van der Waals surface area contributed by atoms with Crippen LogP contribution in [0.3, 0.4) is 0 Å². The Hall–Kier alpha value is -3.93. The van der Waals surface area contributed by atoms with Gasteiger partial charge in [-0.1, -0.05) is 18.2 Å². The van der Waals surface area contributed by atoms with Gasteiger partial charge < -0.3 is 9.88 Å². The highest BCUT2D eigenvalue weighted by atomic mass is 16.2. The Morgan fingerprint density at radius 2 is 2.03 bits per heavy atom. The van der Waals surface area contributed by atoms with Crippen LogP contribution in [0, 0.1) is 0 Å². The molecular formula is C25H20N4O2. The average Bonchev–Trinajstić information content (AvgIpc) is 3.22. The summed E-state index contributed by atoms with van der Waals surface area (Å²) in [6, 6.07) is 16.2. The largest absolute Gasteiger partial charge is 0.356 e. The molecule has 0 saturated heterocycles.